The molecule has 2 aromatic rings. The minimum atomic E-state index is -4.45. The molecule has 0 aliphatic carbocycles. The summed E-state index contributed by atoms with van der Waals surface area (Å²) in [5.41, 5.74) is 8.42. The van der Waals surface area contributed by atoms with E-state index in [4.69, 9.17) is 10.5 Å². The quantitative estimate of drug-likeness (QED) is 0.416. The lowest BCUT2D eigenvalue weighted by molar-refractivity contribution is -0.154. The van der Waals surface area contributed by atoms with Gasteiger partial charge in [0.2, 0.25) is 0 Å². The predicted molar refractivity (Wildman–Crippen MR) is 135 cm³/mol. The van der Waals surface area contributed by atoms with Gasteiger partial charge in [0.05, 0.1) is 5.70 Å². The highest BCUT2D eigenvalue weighted by Crippen LogP contribution is 2.42. The van der Waals surface area contributed by atoms with Gasteiger partial charge in [-0.15, -0.1) is 0 Å². The van der Waals surface area contributed by atoms with E-state index in [1.807, 2.05) is 49.4 Å². The minimum absolute atomic E-state index is 0.0872. The number of aliphatic hydroxyl groups excluding tert-OH is 1. The molecule has 4 unspecified atom stereocenters. The highest BCUT2D eigenvalue weighted by molar-refractivity contribution is 8.03. The van der Waals surface area contributed by atoms with Crippen LogP contribution in [0, 0.1) is 5.92 Å². The van der Waals surface area contributed by atoms with Gasteiger partial charge in [-0.2, -0.15) is 13.2 Å². The molecular formula is C26H32F3N3O3S. The summed E-state index contributed by atoms with van der Waals surface area (Å²) in [4.78, 5) is 12.5. The van der Waals surface area contributed by atoms with Gasteiger partial charge in [-0.3, -0.25) is 4.79 Å². The number of nitrogens with zero attached hydrogens (tertiary/aromatic N) is 1. The van der Waals surface area contributed by atoms with Crippen LogP contribution in [-0.2, 0) is 17.6 Å². The van der Waals surface area contributed by atoms with Crippen molar-refractivity contribution in [2.45, 2.75) is 43.5 Å². The lowest BCUT2D eigenvalue weighted by atomic mass is 9.89. The van der Waals surface area contributed by atoms with Crippen LogP contribution >= 0.6 is 11.8 Å². The molecule has 0 saturated carbocycles. The third kappa shape index (κ3) is 7.41. The van der Waals surface area contributed by atoms with Crippen molar-refractivity contribution in [3.63, 3.8) is 0 Å². The number of carbonyl (C=O) groups is 1. The summed E-state index contributed by atoms with van der Waals surface area (Å²) in [7, 11) is 1.53. The largest absolute Gasteiger partial charge is 0.484 e. The molecule has 1 amide bonds. The summed E-state index contributed by atoms with van der Waals surface area (Å²) >= 11 is 0.653. The molecule has 10 heteroatoms. The molecule has 0 aromatic heterocycles. The molecule has 3 rings (SSSR count). The first-order valence-electron chi connectivity index (χ1n) is 11.7. The van der Waals surface area contributed by atoms with Gasteiger partial charge in [0.15, 0.2) is 12.0 Å². The monoisotopic (exact) mass is 523 g/mol. The number of halogens is 3. The van der Waals surface area contributed by atoms with Gasteiger partial charge in [-0.1, -0.05) is 61.2 Å². The Morgan fingerprint density at radius 1 is 1.17 bits per heavy atom. The van der Waals surface area contributed by atoms with Gasteiger partial charge in [-0.05, 0) is 47.4 Å². The van der Waals surface area contributed by atoms with Crippen molar-refractivity contribution >= 4 is 17.7 Å². The van der Waals surface area contributed by atoms with Crippen LogP contribution in [0.2, 0.25) is 0 Å². The Bertz CT molecular complexity index is 1020. The summed E-state index contributed by atoms with van der Waals surface area (Å²) in [6, 6.07) is 15.7. The zero-order valence-corrected chi connectivity index (χ0v) is 21.1. The van der Waals surface area contributed by atoms with E-state index in [0.717, 1.165) is 11.1 Å². The van der Waals surface area contributed by atoms with Crippen LogP contribution in [-0.4, -0.2) is 59.8 Å². The Morgan fingerprint density at radius 2 is 1.83 bits per heavy atom. The van der Waals surface area contributed by atoms with Crippen molar-refractivity contribution in [2.75, 3.05) is 20.2 Å². The Hall–Kier alpha value is -2.69. The zero-order valence-electron chi connectivity index (χ0n) is 20.2. The van der Waals surface area contributed by atoms with E-state index < -0.39 is 23.7 Å². The molecule has 4 N–H and O–H groups in total. The van der Waals surface area contributed by atoms with Gasteiger partial charge in [-0.25, -0.2) is 0 Å². The molecule has 6 nitrogen and oxygen atoms in total. The Labute approximate surface area is 213 Å². The van der Waals surface area contributed by atoms with E-state index in [-0.39, 0.29) is 30.7 Å². The van der Waals surface area contributed by atoms with Gasteiger partial charge in [0.1, 0.15) is 11.9 Å². The maximum Gasteiger partial charge on any atom is 0.418 e. The maximum atomic E-state index is 13.7. The number of thioether (sulfide) groups is 1. The molecule has 2 aromatic carbocycles. The minimum Gasteiger partial charge on any atom is -0.484 e. The molecule has 0 fully saturated rings. The van der Waals surface area contributed by atoms with Crippen LogP contribution in [0.25, 0.3) is 0 Å². The number of likely N-dealkylation sites (N-methyl/N-ethyl adjacent to an activating group) is 1. The molecule has 1 heterocycles. The van der Waals surface area contributed by atoms with Crippen molar-refractivity contribution in [1.29, 1.82) is 0 Å². The van der Waals surface area contributed by atoms with Crippen LogP contribution in [0.3, 0.4) is 0 Å². The number of rotatable bonds is 11. The van der Waals surface area contributed by atoms with Crippen LogP contribution in [0.5, 0.6) is 5.75 Å². The van der Waals surface area contributed by atoms with E-state index in [0.29, 0.717) is 30.4 Å². The summed E-state index contributed by atoms with van der Waals surface area (Å²) < 4.78 is 46.6. The van der Waals surface area contributed by atoms with E-state index in [9.17, 15) is 23.1 Å². The molecule has 0 radical (unpaired) electrons. The van der Waals surface area contributed by atoms with E-state index >= 15 is 0 Å². The van der Waals surface area contributed by atoms with Crippen molar-refractivity contribution < 1.29 is 27.8 Å². The lowest BCUT2D eigenvalue weighted by Gasteiger charge is -2.35. The summed E-state index contributed by atoms with van der Waals surface area (Å²) in [6.07, 6.45) is -4.76. The number of alkyl halides is 3. The van der Waals surface area contributed by atoms with Gasteiger partial charge >= 0.3 is 6.18 Å². The smallest absolute Gasteiger partial charge is 0.418 e. The van der Waals surface area contributed by atoms with E-state index in [1.165, 1.54) is 17.4 Å². The molecule has 0 bridgehead atoms. The van der Waals surface area contributed by atoms with Gasteiger partial charge in [0, 0.05) is 19.6 Å². The third-order valence-corrected chi connectivity index (χ3v) is 7.31. The number of hydrogen-bond donors (Lipinski definition) is 3. The molecule has 0 spiro atoms. The first kappa shape index (κ1) is 27.9. The number of nitrogens with two attached hydrogens (primary N) is 1. The number of carbonyl (C=O) groups excluding carboxylic acids is 1. The molecule has 1 aliphatic heterocycles. The zero-order chi connectivity index (χ0) is 26.3. The first-order chi connectivity index (χ1) is 17.1. The van der Waals surface area contributed by atoms with Crippen molar-refractivity contribution in [1.82, 2.24) is 10.2 Å². The van der Waals surface area contributed by atoms with Crippen LogP contribution in [0.4, 0.5) is 13.2 Å². The highest BCUT2D eigenvalue weighted by atomic mass is 32.2. The van der Waals surface area contributed by atoms with Gasteiger partial charge < -0.3 is 25.8 Å². The predicted octanol–water partition coefficient (Wildman–Crippen LogP) is 3.70. The van der Waals surface area contributed by atoms with Crippen LogP contribution < -0.4 is 15.8 Å². The maximum absolute atomic E-state index is 13.7. The number of hydrogen-bond acceptors (Lipinski definition) is 6. The van der Waals surface area contributed by atoms with Crippen molar-refractivity contribution in [3.8, 4) is 5.75 Å². The fraction of sp³-hybridized carbons (Fsp3) is 0.423. The molecular weight excluding hydrogens is 491 g/mol. The molecule has 0 saturated heterocycles. The Morgan fingerprint density at radius 3 is 2.44 bits per heavy atom. The fourth-order valence-electron chi connectivity index (χ4n) is 4.00. The second-order valence-corrected chi connectivity index (χ2v) is 9.77. The molecule has 36 heavy (non-hydrogen) atoms. The standard InChI is InChI=1S/C26H32F3N3O3S/c1-17(14-19-8-10-20(11-9-19)35-15-22(33)31-2)23(30)24(34)21-16-36-25(26(27,28)29)32(21)13-12-18-6-4-3-5-7-18/h3-11,16-17,23-25,34H,12-15,30H2,1-2H3,(H,31,33). The Balaban J connectivity index is 1.63. The molecule has 4 atom stereocenters. The average molecular weight is 524 g/mol. The summed E-state index contributed by atoms with van der Waals surface area (Å²) in [5, 5.41) is 13.1. The Kier molecular flexibility index (Phi) is 9.69. The molecule has 196 valence electrons. The van der Waals surface area contributed by atoms with Crippen LogP contribution in [0.1, 0.15) is 18.1 Å². The summed E-state index contributed by atoms with van der Waals surface area (Å²) in [6.45, 7) is 1.89. The van der Waals surface area contributed by atoms with E-state index in [2.05, 4.69) is 5.32 Å². The van der Waals surface area contributed by atoms with Crippen molar-refractivity contribution in [3.05, 3.63) is 76.8 Å². The number of ether oxygens (including phenoxy) is 1. The average Bonchev–Trinajstić information content (AvgIpc) is 3.31. The second kappa shape index (κ2) is 12.5. The summed E-state index contributed by atoms with van der Waals surface area (Å²) in [5.74, 6) is 0.0850. The highest BCUT2D eigenvalue weighted by Gasteiger charge is 2.48. The molecule has 1 aliphatic rings. The fourth-order valence-corrected chi connectivity index (χ4v) is 5.08. The van der Waals surface area contributed by atoms with Crippen molar-refractivity contribution in [2.24, 2.45) is 11.7 Å². The van der Waals surface area contributed by atoms with Gasteiger partial charge in [0.25, 0.3) is 5.91 Å². The number of nitrogens with one attached hydrogen (secondary N) is 1. The topological polar surface area (TPSA) is 87.8 Å². The third-order valence-electron chi connectivity index (χ3n) is 6.15. The van der Waals surface area contributed by atoms with E-state index in [1.54, 1.807) is 12.1 Å². The second-order valence-electron chi connectivity index (χ2n) is 8.81. The number of aliphatic hydroxyl groups is 1. The number of amides is 1. The first-order valence-corrected chi connectivity index (χ1v) is 12.6. The number of benzene rings is 2. The van der Waals surface area contributed by atoms with Crippen LogP contribution in [0.15, 0.2) is 65.7 Å². The lowest BCUT2D eigenvalue weighted by Crippen LogP contribution is -2.49. The normalized spacial score (nSPS) is 18.4. The SMILES string of the molecule is CNC(=O)COc1ccc(CC(C)C(N)C(O)C2=CSC(C(F)(F)F)N2CCc2ccccc2)cc1.